The van der Waals surface area contributed by atoms with E-state index >= 15 is 0 Å². The highest BCUT2D eigenvalue weighted by Gasteiger charge is 2.38. The number of rotatable bonds is 23. The summed E-state index contributed by atoms with van der Waals surface area (Å²) in [5.74, 6) is 13.3. The van der Waals surface area contributed by atoms with Crippen LogP contribution in [0.15, 0.2) is 340 Å². The van der Waals surface area contributed by atoms with Gasteiger partial charge in [-0.15, -0.1) is 0 Å². The Labute approximate surface area is 860 Å². The van der Waals surface area contributed by atoms with Crippen LogP contribution in [0.2, 0.25) is 0 Å². The molecule has 0 bridgehead atoms. The lowest BCUT2D eigenvalue weighted by atomic mass is 9.85. The fraction of sp³-hybridized carbons (Fsp3) is 0.378. The molecule has 744 valence electrons. The van der Waals surface area contributed by atoms with E-state index in [1.807, 2.05) is 18.2 Å². The van der Waals surface area contributed by atoms with Gasteiger partial charge >= 0.3 is 5.97 Å². The first-order valence-electron chi connectivity index (χ1n) is 51.7. The highest BCUT2D eigenvalue weighted by atomic mass is 32.2. The molecule has 8 fully saturated rings. The van der Waals surface area contributed by atoms with Crippen LogP contribution in [0, 0.1) is 47.5 Å². The molecule has 0 radical (unpaired) electrons. The summed E-state index contributed by atoms with van der Waals surface area (Å²) in [6, 6.07) is 105. The lowest BCUT2D eigenvalue weighted by molar-refractivity contribution is 0.0594. The first-order valence-corrected chi connectivity index (χ1v) is 60.8. The Morgan fingerprint density at radius 3 is 1.27 bits per heavy atom. The number of sulfone groups is 1. The molecule has 0 atom stereocenters. The number of ether oxygens (including phenoxy) is 5. The van der Waals surface area contributed by atoms with Crippen molar-refractivity contribution in [1.29, 1.82) is 0 Å². The summed E-state index contributed by atoms with van der Waals surface area (Å²) in [6.07, 6.45) is 45.1. The molecular weight excluding hydrogens is 1850 g/mol. The summed E-state index contributed by atoms with van der Waals surface area (Å²) in [5, 5.41) is 11.9. The largest absolute Gasteiger partial charge is 0.493 e. The van der Waals surface area contributed by atoms with E-state index in [2.05, 4.69) is 267 Å². The molecule has 8 aliphatic rings. The van der Waals surface area contributed by atoms with Crippen LogP contribution in [-0.4, -0.2) is 87.7 Å². The number of benzene rings is 14. The molecule has 0 spiro atoms. The average molecular weight is 2000 g/mol. The third-order valence-electron chi connectivity index (χ3n) is 29.2. The summed E-state index contributed by atoms with van der Waals surface area (Å²) < 4.78 is 55.7. The molecule has 3 saturated heterocycles. The smallest absolute Gasteiger partial charge is 0.341 e. The van der Waals surface area contributed by atoms with E-state index in [9.17, 15) is 13.2 Å². The summed E-state index contributed by atoms with van der Waals surface area (Å²) in [4.78, 5) is 25.3. The number of carbonyl (C=O) groups excluding carboxylic acids is 1. The molecule has 5 aliphatic carbocycles. The van der Waals surface area contributed by atoms with Gasteiger partial charge in [-0.2, -0.15) is 0 Å². The molecule has 0 amide bonds. The van der Waals surface area contributed by atoms with Crippen LogP contribution in [0.25, 0.3) is 53.9 Å². The third kappa shape index (κ3) is 28.3. The van der Waals surface area contributed by atoms with E-state index < -0.39 is 9.84 Å². The third-order valence-corrected chi connectivity index (χ3v) is 42.4. The Hall–Kier alpha value is -9.25. The Morgan fingerprint density at radius 1 is 0.333 bits per heavy atom. The predicted octanol–water partition coefficient (Wildman–Crippen LogP) is 33.5. The van der Waals surface area contributed by atoms with Crippen molar-refractivity contribution in [1.82, 2.24) is 0 Å². The van der Waals surface area contributed by atoms with Crippen LogP contribution in [0.4, 0.5) is 0 Å². The molecular formula is C127H153O8S6+. The molecule has 3 aliphatic heterocycles. The minimum absolute atomic E-state index is 0. The molecule has 0 aromatic heterocycles. The minimum Gasteiger partial charge on any atom is -0.493 e. The van der Waals surface area contributed by atoms with E-state index in [0.29, 0.717) is 45.9 Å². The molecule has 14 heteroatoms. The summed E-state index contributed by atoms with van der Waals surface area (Å²) in [7, 11) is -1.23. The number of fused-ring (bicyclic) bond motifs is 5. The normalized spacial score (nSPS) is 17.0. The number of methoxy groups -OCH3 is 1. The van der Waals surface area contributed by atoms with Crippen molar-refractivity contribution in [3.63, 3.8) is 0 Å². The topological polar surface area (TPSA) is 97.4 Å². The second kappa shape index (κ2) is 54.1. The lowest BCUT2D eigenvalue weighted by Gasteiger charge is -2.24. The number of hydrogen-bond donors (Lipinski definition) is 0. The fourth-order valence-corrected chi connectivity index (χ4v) is 34.5. The van der Waals surface area contributed by atoms with Crippen molar-refractivity contribution in [3.05, 3.63) is 332 Å². The average Bonchev–Trinajstić information content (AvgIpc) is 1.39. The van der Waals surface area contributed by atoms with Crippen molar-refractivity contribution in [2.24, 2.45) is 17.8 Å². The molecule has 14 aromatic rings. The molecule has 14 aromatic carbocycles. The van der Waals surface area contributed by atoms with Gasteiger partial charge < -0.3 is 53.4 Å². The van der Waals surface area contributed by atoms with Crippen molar-refractivity contribution in [2.75, 3.05) is 61.1 Å². The van der Waals surface area contributed by atoms with Crippen molar-refractivity contribution in [3.8, 4) is 23.0 Å². The predicted molar refractivity (Wildman–Crippen MR) is 608 cm³/mol. The standard InChI is InChI=1S/C33H31OS.C28H27OS.C23H29O3S.C22H29O3S2.C17H25S.4CH3/c1-2-8-25(9-3-1)24-34-30-16-20-31(21-17-30)35(32-18-14-26-10-4-6-12-28(26)22-32)33-19-15-27-11-5-7-13-29(27)23-33;1-4-12-22(13-5-1)29-27-20-21-28(26-19-11-10-18-25(26)27)30(23-14-6-2-7-15-23)24-16-8-3-9-17-24;1-25-23(24)20-15-21(27-13-7-8-14-27)18-11-5-6-12-19(18)22(20)26-16-17-9-3-2-4-10-17;1-27(23,24)21-12-8-11-18-19(25-17-9-4-2-5-10-17)13-14-20(22(18)21)26-15-6-3-7-16-26;1-2-6-15(7-3-1)14-16-8-10-17(11-9-16)18-12-4-5-13-18;;;;/h4-7,10-23,25H,1-3,8-9,24H2;2-3,6-11,14-22H,1,4-5,12-13H2;5-6,11-12,15,17H,2-4,7-10,13-14,16H2,1H3;8,11-14,17H,2-7,9-10,15-16H2,1H3;8-11,15H,1-7,12-14H2;4*1H3/q5*+1;4*-1. The van der Waals surface area contributed by atoms with Gasteiger partial charge in [0.05, 0.1) is 64.6 Å². The molecule has 0 unspecified atom stereocenters. The second-order valence-corrected chi connectivity index (χ2v) is 51.8. The van der Waals surface area contributed by atoms with Crippen LogP contribution in [0.5, 0.6) is 23.0 Å². The molecule has 0 N–H and O–H groups in total. The van der Waals surface area contributed by atoms with Gasteiger partial charge in [0.1, 0.15) is 63.1 Å². The Kier molecular flexibility index (Phi) is 41.2. The minimum atomic E-state index is -3.29. The molecule has 8 nitrogen and oxygen atoms in total. The van der Waals surface area contributed by atoms with Crippen molar-refractivity contribution in [2.45, 2.75) is 273 Å². The van der Waals surface area contributed by atoms with Gasteiger partial charge in [0, 0.05) is 84.1 Å². The fourth-order valence-electron chi connectivity index (χ4n) is 21.8. The molecule has 3 heterocycles. The number of carbonyl (C=O) groups is 1. The van der Waals surface area contributed by atoms with E-state index in [4.69, 9.17) is 23.7 Å². The summed E-state index contributed by atoms with van der Waals surface area (Å²) in [5.41, 5.74) is 2.18. The maximum absolute atomic E-state index is 12.6. The SMILES string of the molecule is COC(=O)c1cc([S+]2CCCC2)c2ccccc2c1OCC1CCCCC1.CS(=O)(=O)c1cccc2c(OC3CCCCC3)ccc([S+]3CCCCC3)c12.[CH3-].[CH3-].[CH3-].[CH3-].c1cc([S+]2CCCC2)ccc1CC1CCCCC1.c1ccc([S+](c2ccccc2)c2ccc(OC3CCCCC3)c3ccccc23)cc1.c1ccc2cc([S+](c3ccc(OCC4CCCCC4)cc3)c3ccc4ccccc4c3)ccc2c1. The zero-order valence-corrected chi connectivity index (χ0v) is 89.7. The first kappa shape index (κ1) is 107. The van der Waals surface area contributed by atoms with Crippen LogP contribution < -0.4 is 18.9 Å². The first-order chi connectivity index (χ1) is 67.5. The second-order valence-electron chi connectivity index (χ2n) is 39.1. The molecule has 5 saturated carbocycles. The van der Waals surface area contributed by atoms with Crippen molar-refractivity contribution < 1.29 is 36.9 Å². The maximum atomic E-state index is 12.6. The van der Waals surface area contributed by atoms with Crippen LogP contribution in [0.3, 0.4) is 0 Å². The Morgan fingerprint density at radius 2 is 0.745 bits per heavy atom. The van der Waals surface area contributed by atoms with Gasteiger partial charge in [-0.05, 0) is 301 Å². The molecule has 141 heavy (non-hydrogen) atoms. The Bertz CT molecular complexity index is 6220. The van der Waals surface area contributed by atoms with E-state index in [1.54, 1.807) is 16.5 Å². The van der Waals surface area contributed by atoms with Gasteiger partial charge in [0.15, 0.2) is 53.9 Å². The lowest BCUT2D eigenvalue weighted by Crippen LogP contribution is -2.21. The zero-order valence-electron chi connectivity index (χ0n) is 84.8. The molecule has 22 rings (SSSR count). The van der Waals surface area contributed by atoms with Crippen LogP contribution in [-0.2, 0) is 75.5 Å². The Balaban J connectivity index is 0.000000141. The highest BCUT2D eigenvalue weighted by Crippen LogP contribution is 2.46. The van der Waals surface area contributed by atoms with Gasteiger partial charge in [0.25, 0.3) is 0 Å². The quantitative estimate of drug-likeness (QED) is 0.0355. The van der Waals surface area contributed by atoms with Crippen molar-refractivity contribution >= 4 is 124 Å². The van der Waals surface area contributed by atoms with E-state index in [-0.39, 0.29) is 85.4 Å². The maximum Gasteiger partial charge on any atom is 0.341 e. The highest BCUT2D eigenvalue weighted by molar-refractivity contribution is 7.98. The van der Waals surface area contributed by atoms with E-state index in [0.717, 1.165) is 64.5 Å². The van der Waals surface area contributed by atoms with Gasteiger partial charge in [0.2, 0.25) is 0 Å². The zero-order chi connectivity index (χ0) is 93.3. The van der Waals surface area contributed by atoms with Gasteiger partial charge in [-0.3, -0.25) is 0 Å². The monoisotopic (exact) mass is 2000 g/mol. The van der Waals surface area contributed by atoms with Crippen LogP contribution in [0.1, 0.15) is 221 Å². The van der Waals surface area contributed by atoms with Crippen LogP contribution >= 0.6 is 0 Å². The summed E-state index contributed by atoms with van der Waals surface area (Å²) >= 11 is 0. The van der Waals surface area contributed by atoms with Gasteiger partial charge in [-0.1, -0.05) is 229 Å². The summed E-state index contributed by atoms with van der Waals surface area (Å²) in [6.45, 7) is 1.54. The number of hydrogen-bond acceptors (Lipinski definition) is 8. The van der Waals surface area contributed by atoms with E-state index in [1.165, 1.54) is 324 Å². The van der Waals surface area contributed by atoms with Gasteiger partial charge in [-0.25, -0.2) is 13.2 Å². The number of esters is 1.